The fraction of sp³-hybridized carbons (Fsp3) is 0.414. The Kier molecular flexibility index (Phi) is 7.70. The van der Waals surface area contributed by atoms with E-state index in [4.69, 9.17) is 14.3 Å². The maximum atomic E-state index is 13.4. The van der Waals surface area contributed by atoms with Gasteiger partial charge in [0.15, 0.2) is 0 Å². The van der Waals surface area contributed by atoms with Crippen LogP contribution in [0.5, 0.6) is 0 Å². The molecule has 2 aliphatic rings. The zero-order valence-corrected chi connectivity index (χ0v) is 22.2. The molecule has 2 aromatic heterocycles. The van der Waals surface area contributed by atoms with E-state index in [0.29, 0.717) is 48.3 Å². The highest BCUT2D eigenvalue weighted by molar-refractivity contribution is 6.31. The number of anilines is 2. The summed E-state index contributed by atoms with van der Waals surface area (Å²) >= 11 is 6.24. The number of benzene rings is 1. The van der Waals surface area contributed by atoms with Crippen molar-refractivity contribution in [1.82, 2.24) is 19.8 Å². The fourth-order valence-electron chi connectivity index (χ4n) is 5.27. The van der Waals surface area contributed by atoms with Gasteiger partial charge < -0.3 is 10.2 Å². The number of carbonyl (C=O) groups is 1. The number of likely N-dealkylation sites (tertiary alicyclic amines) is 1. The number of nitrogens with zero attached hydrogens (tertiary/aromatic N) is 5. The molecule has 0 radical (unpaired) electrons. The smallest absolute Gasteiger partial charge is 0.274 e. The maximum Gasteiger partial charge on any atom is 0.274 e. The predicted octanol–water partition coefficient (Wildman–Crippen LogP) is 5.09. The third kappa shape index (κ3) is 6.49. The standard InChI is InChI=1S/C29H34ClFN6O/c1-21-19-36(28-5-2-4-27(34-28)29(38)33-24-8-12-32-13-9-24)14-3-15-37(21)25-10-16-35(17-11-25)20-22-6-7-23(31)18-26(22)30/h2,4-9,12-13,18,21,25H,3,10-11,14-17,19-20H2,1H3,(H,32,33,38)/i15D2. The molecule has 0 spiro atoms. The van der Waals surface area contributed by atoms with Crippen molar-refractivity contribution in [2.24, 2.45) is 0 Å². The molecule has 9 heteroatoms. The zero-order valence-electron chi connectivity index (χ0n) is 23.5. The minimum absolute atomic E-state index is 0.0586. The zero-order chi connectivity index (χ0) is 28.3. The molecular weight excluding hydrogens is 503 g/mol. The van der Waals surface area contributed by atoms with Crippen LogP contribution in [0.1, 0.15) is 45.0 Å². The van der Waals surface area contributed by atoms with Crippen LogP contribution in [-0.4, -0.2) is 70.4 Å². The van der Waals surface area contributed by atoms with Crippen molar-refractivity contribution in [3.63, 3.8) is 0 Å². The van der Waals surface area contributed by atoms with Crippen molar-refractivity contribution in [3.8, 4) is 0 Å². The molecule has 5 rings (SSSR count). The van der Waals surface area contributed by atoms with E-state index in [-0.39, 0.29) is 23.8 Å². The van der Waals surface area contributed by atoms with Gasteiger partial charge in [-0.1, -0.05) is 23.7 Å². The second kappa shape index (κ2) is 12.2. The second-order valence-corrected chi connectivity index (χ2v) is 10.3. The average molecular weight is 539 g/mol. The first-order valence-electron chi connectivity index (χ1n) is 14.1. The summed E-state index contributed by atoms with van der Waals surface area (Å²) in [5.74, 6) is 0.0217. The molecule has 2 saturated heterocycles. The number of nitrogens with one attached hydrogen (secondary N) is 1. The van der Waals surface area contributed by atoms with Crippen molar-refractivity contribution in [2.75, 3.05) is 42.9 Å². The Bertz CT molecular complexity index is 1320. The first kappa shape index (κ1) is 24.0. The summed E-state index contributed by atoms with van der Waals surface area (Å²) in [6.07, 6.45) is 5.24. The third-order valence-corrected chi connectivity index (χ3v) is 7.58. The average Bonchev–Trinajstić information content (AvgIpc) is 3.06. The van der Waals surface area contributed by atoms with Gasteiger partial charge in [-0.3, -0.25) is 19.6 Å². The van der Waals surface area contributed by atoms with Crippen LogP contribution < -0.4 is 10.2 Å². The van der Waals surface area contributed by atoms with Crippen LogP contribution in [0.25, 0.3) is 0 Å². The number of aromatic nitrogens is 2. The van der Waals surface area contributed by atoms with Gasteiger partial charge in [0.05, 0.1) is 0 Å². The highest BCUT2D eigenvalue weighted by atomic mass is 35.5. The van der Waals surface area contributed by atoms with Gasteiger partial charge in [0.2, 0.25) is 0 Å². The molecule has 1 N–H and O–H groups in total. The summed E-state index contributed by atoms with van der Waals surface area (Å²) in [7, 11) is 0. The molecule has 1 unspecified atom stereocenters. The lowest BCUT2D eigenvalue weighted by Gasteiger charge is -2.41. The third-order valence-electron chi connectivity index (χ3n) is 7.22. The Morgan fingerprint density at radius 3 is 2.71 bits per heavy atom. The largest absolute Gasteiger partial charge is 0.355 e. The number of halogens is 2. The van der Waals surface area contributed by atoms with E-state index in [9.17, 15) is 9.18 Å². The second-order valence-electron chi connectivity index (χ2n) is 9.92. The topological polar surface area (TPSA) is 64.6 Å². The number of amides is 1. The Balaban J connectivity index is 1.23. The first-order valence-corrected chi connectivity index (χ1v) is 13.5. The van der Waals surface area contributed by atoms with E-state index in [1.165, 1.54) is 12.1 Å². The van der Waals surface area contributed by atoms with Gasteiger partial charge in [-0.05, 0) is 81.2 Å². The summed E-state index contributed by atoms with van der Waals surface area (Å²) in [5, 5.41) is 3.28. The molecule has 1 amide bonds. The summed E-state index contributed by atoms with van der Waals surface area (Å²) in [6.45, 7) is 3.98. The molecule has 2 aliphatic heterocycles. The molecule has 0 bridgehead atoms. The molecule has 0 saturated carbocycles. The van der Waals surface area contributed by atoms with E-state index in [0.717, 1.165) is 31.5 Å². The van der Waals surface area contributed by atoms with Crippen molar-refractivity contribution in [1.29, 1.82) is 0 Å². The number of pyridine rings is 2. The summed E-state index contributed by atoms with van der Waals surface area (Å²) in [6, 6.07) is 13.4. The molecule has 1 atom stereocenters. The molecule has 4 heterocycles. The van der Waals surface area contributed by atoms with Gasteiger partial charge in [0, 0.05) is 64.1 Å². The molecule has 7 nitrogen and oxygen atoms in total. The molecule has 38 heavy (non-hydrogen) atoms. The van der Waals surface area contributed by atoms with Gasteiger partial charge in [0.1, 0.15) is 17.3 Å². The molecule has 1 aromatic carbocycles. The lowest BCUT2D eigenvalue weighted by Crippen LogP contribution is -2.49. The molecule has 0 aliphatic carbocycles. The van der Waals surface area contributed by atoms with Crippen molar-refractivity contribution in [2.45, 2.75) is 44.8 Å². The lowest BCUT2D eigenvalue weighted by molar-refractivity contribution is 0.0831. The minimum Gasteiger partial charge on any atom is -0.355 e. The van der Waals surface area contributed by atoms with E-state index in [2.05, 4.69) is 36.9 Å². The normalized spacial score (nSPS) is 21.9. The first-order chi connectivity index (χ1) is 19.2. The number of hydrogen-bond acceptors (Lipinski definition) is 6. The van der Waals surface area contributed by atoms with Crippen LogP contribution >= 0.6 is 11.6 Å². The molecule has 3 aromatic rings. The van der Waals surface area contributed by atoms with Crippen LogP contribution in [0.4, 0.5) is 15.9 Å². The SMILES string of the molecule is [2H]C1([2H])CCN(c2cccc(C(=O)Nc3ccncc3)n2)CC(C)N1C1CCN(Cc2ccc(F)cc2Cl)CC1. The van der Waals surface area contributed by atoms with Gasteiger partial charge >= 0.3 is 0 Å². The Labute approximate surface area is 231 Å². The molecule has 200 valence electrons. The van der Waals surface area contributed by atoms with E-state index in [1.54, 1.807) is 36.7 Å². The van der Waals surface area contributed by atoms with Crippen LogP contribution in [0.15, 0.2) is 60.9 Å². The van der Waals surface area contributed by atoms with Crippen LogP contribution in [-0.2, 0) is 6.54 Å². The van der Waals surface area contributed by atoms with Crippen LogP contribution in [0, 0.1) is 5.82 Å². The molecular formula is C29H34ClFN6O. The quantitative estimate of drug-likeness (QED) is 0.472. The summed E-state index contributed by atoms with van der Waals surface area (Å²) < 4.78 is 31.4. The van der Waals surface area contributed by atoms with Gasteiger partial charge in [-0.25, -0.2) is 9.37 Å². The Morgan fingerprint density at radius 1 is 1.16 bits per heavy atom. The van der Waals surface area contributed by atoms with E-state index in [1.807, 2.05) is 12.1 Å². The number of piperidine rings is 1. The number of rotatable bonds is 6. The van der Waals surface area contributed by atoms with Gasteiger partial charge in [-0.15, -0.1) is 0 Å². The van der Waals surface area contributed by atoms with Crippen LogP contribution in [0.3, 0.4) is 0 Å². The highest BCUT2D eigenvalue weighted by Crippen LogP contribution is 2.26. The summed E-state index contributed by atoms with van der Waals surface area (Å²) in [5.41, 5.74) is 1.85. The highest BCUT2D eigenvalue weighted by Gasteiger charge is 2.31. The van der Waals surface area contributed by atoms with Crippen LogP contribution in [0.2, 0.25) is 5.02 Å². The number of carbonyl (C=O) groups excluding carboxylic acids is 1. The Hall–Kier alpha value is -3.07. The summed E-state index contributed by atoms with van der Waals surface area (Å²) in [4.78, 5) is 27.8. The van der Waals surface area contributed by atoms with E-state index < -0.39 is 6.50 Å². The fourth-order valence-corrected chi connectivity index (χ4v) is 5.49. The van der Waals surface area contributed by atoms with Gasteiger partial charge in [0.25, 0.3) is 5.91 Å². The Morgan fingerprint density at radius 2 is 1.95 bits per heavy atom. The lowest BCUT2D eigenvalue weighted by atomic mass is 10.0. The van der Waals surface area contributed by atoms with Crippen molar-refractivity contribution < 1.29 is 11.9 Å². The minimum atomic E-state index is -1.47. The monoisotopic (exact) mass is 538 g/mol. The predicted molar refractivity (Wildman–Crippen MR) is 149 cm³/mol. The maximum absolute atomic E-state index is 13.4. The number of hydrogen-bond donors (Lipinski definition) is 1. The van der Waals surface area contributed by atoms with Crippen molar-refractivity contribution >= 4 is 29.0 Å². The molecule has 2 fully saturated rings. The van der Waals surface area contributed by atoms with Crippen molar-refractivity contribution in [3.05, 3.63) is 83.0 Å². The van der Waals surface area contributed by atoms with E-state index >= 15 is 0 Å². The van der Waals surface area contributed by atoms with Gasteiger partial charge in [-0.2, -0.15) is 0 Å².